The van der Waals surface area contributed by atoms with Gasteiger partial charge in [-0.3, -0.25) is 0 Å². The normalized spacial score (nSPS) is 23.0. The van der Waals surface area contributed by atoms with Gasteiger partial charge in [-0.25, -0.2) is 0 Å². The molecule has 0 N–H and O–H groups in total. The molecule has 0 bridgehead atoms. The first kappa shape index (κ1) is 7.61. The van der Waals surface area contributed by atoms with Crippen molar-refractivity contribution in [3.8, 4) is 0 Å². The molecule has 0 atom stereocenters. The predicted molar refractivity (Wildman–Crippen MR) is 44.3 cm³/mol. The number of hydrogen-bond acceptors (Lipinski definition) is 0. The quantitative estimate of drug-likeness (QED) is 0.410. The van der Waals surface area contributed by atoms with Crippen LogP contribution in [0, 0.1) is 0 Å². The van der Waals surface area contributed by atoms with Crippen LogP contribution in [0.5, 0.6) is 0 Å². The Morgan fingerprint density at radius 3 is 2.11 bits per heavy atom. The summed E-state index contributed by atoms with van der Waals surface area (Å²) in [6, 6.07) is 0. The van der Waals surface area contributed by atoms with E-state index in [4.69, 9.17) is 11.1 Å². The van der Waals surface area contributed by atoms with E-state index in [9.17, 15) is 0 Å². The van der Waals surface area contributed by atoms with Gasteiger partial charge in [0.1, 0.15) is 0 Å². The van der Waals surface area contributed by atoms with Crippen LogP contribution in [0.4, 0.5) is 0 Å². The van der Waals surface area contributed by atoms with E-state index in [1.807, 2.05) is 0 Å². The van der Waals surface area contributed by atoms with Crippen molar-refractivity contribution in [1.29, 1.82) is 0 Å². The summed E-state index contributed by atoms with van der Waals surface area (Å²) in [5.74, 6) is 0. The molecule has 0 saturated heterocycles. The van der Waals surface area contributed by atoms with Crippen molar-refractivity contribution in [2.45, 2.75) is 44.2 Å². The fraction of sp³-hybridized carbons (Fsp3) is 1.00. The lowest BCUT2D eigenvalue weighted by atomic mass is 10.0. The summed E-state index contributed by atoms with van der Waals surface area (Å²) in [5, 5.41) is 0. The van der Waals surface area contributed by atoms with Crippen molar-refractivity contribution in [1.82, 2.24) is 0 Å². The van der Waals surface area contributed by atoms with E-state index >= 15 is 0 Å². The second-order valence-electron chi connectivity index (χ2n) is 2.92. The molecule has 1 radical (unpaired) electrons. The lowest BCUT2D eigenvalue weighted by Crippen LogP contribution is -2.12. The third-order valence-electron chi connectivity index (χ3n) is 2.17. The average molecular weight is 162 g/mol. The van der Waals surface area contributed by atoms with Crippen molar-refractivity contribution in [3.05, 3.63) is 0 Å². The summed E-state index contributed by atoms with van der Waals surface area (Å²) in [4.78, 5) is 0. The van der Waals surface area contributed by atoms with Crippen LogP contribution in [-0.2, 0) is 0 Å². The van der Waals surface area contributed by atoms with Crippen LogP contribution >= 0.6 is 11.1 Å². The maximum atomic E-state index is 6.06. The van der Waals surface area contributed by atoms with Crippen molar-refractivity contribution in [2.24, 2.45) is 0 Å². The second kappa shape index (κ2) is 3.62. The van der Waals surface area contributed by atoms with Gasteiger partial charge in [-0.1, -0.05) is 38.7 Å². The molecule has 0 spiro atoms. The fourth-order valence-electron chi connectivity index (χ4n) is 1.50. The van der Waals surface area contributed by atoms with Gasteiger partial charge in [0, 0.05) is 0 Å². The molecule has 0 nitrogen and oxygen atoms in total. The monoisotopic (exact) mass is 161 g/mol. The van der Waals surface area contributed by atoms with E-state index in [0.717, 1.165) is 5.54 Å². The Kier molecular flexibility index (Phi) is 3.06. The Bertz CT molecular complexity index is 77.0. The van der Waals surface area contributed by atoms with Gasteiger partial charge in [0.15, 0.2) is 8.11 Å². The third kappa shape index (κ3) is 2.30. The van der Waals surface area contributed by atoms with Gasteiger partial charge in [0.2, 0.25) is 0 Å². The lowest BCUT2D eigenvalue weighted by Gasteiger charge is -2.21. The summed E-state index contributed by atoms with van der Waals surface area (Å²) >= 11 is 6.06. The summed E-state index contributed by atoms with van der Waals surface area (Å²) < 4.78 is 0. The molecule has 1 fully saturated rings. The topological polar surface area (TPSA) is 0 Å². The number of rotatable bonds is 1. The molecule has 2 heteroatoms. The molecular formula is C7H14ClSi. The summed E-state index contributed by atoms with van der Waals surface area (Å²) in [7, 11) is -0.463. The van der Waals surface area contributed by atoms with Gasteiger partial charge in [-0.2, -0.15) is 11.1 Å². The lowest BCUT2D eigenvalue weighted by molar-refractivity contribution is 0.500. The molecule has 1 rings (SSSR count). The molecule has 0 aliphatic heterocycles. The summed E-state index contributed by atoms with van der Waals surface area (Å²) in [5.41, 5.74) is 0.922. The summed E-state index contributed by atoms with van der Waals surface area (Å²) in [6.45, 7) is 2.22. The zero-order valence-electron chi connectivity index (χ0n) is 5.99. The van der Waals surface area contributed by atoms with E-state index in [-0.39, 0.29) is 0 Å². The minimum atomic E-state index is -0.463. The highest BCUT2D eigenvalue weighted by atomic mass is 35.6. The molecule has 1 aliphatic rings. The van der Waals surface area contributed by atoms with Crippen LogP contribution in [0.3, 0.4) is 0 Å². The third-order valence-corrected chi connectivity index (χ3v) is 4.80. The van der Waals surface area contributed by atoms with Gasteiger partial charge in [0.05, 0.1) is 0 Å². The van der Waals surface area contributed by atoms with Gasteiger partial charge in [-0.15, -0.1) is 0 Å². The Labute approximate surface area is 63.9 Å². The van der Waals surface area contributed by atoms with E-state index in [0.29, 0.717) is 0 Å². The first-order chi connectivity index (χ1) is 4.30. The van der Waals surface area contributed by atoms with Gasteiger partial charge >= 0.3 is 0 Å². The van der Waals surface area contributed by atoms with Crippen molar-refractivity contribution < 1.29 is 0 Å². The number of halogens is 1. The van der Waals surface area contributed by atoms with E-state index in [2.05, 4.69) is 6.55 Å². The molecule has 0 heterocycles. The Morgan fingerprint density at radius 1 is 1.22 bits per heavy atom. The second-order valence-corrected chi connectivity index (χ2v) is 6.70. The maximum absolute atomic E-state index is 6.06. The van der Waals surface area contributed by atoms with Crippen LogP contribution in [-0.4, -0.2) is 8.11 Å². The molecular weight excluding hydrogens is 148 g/mol. The summed E-state index contributed by atoms with van der Waals surface area (Å²) in [6.07, 6.45) is 7.13. The van der Waals surface area contributed by atoms with Gasteiger partial charge in [-0.05, 0) is 5.54 Å². The Hall–Kier alpha value is 0.507. The first-order valence-electron chi connectivity index (χ1n) is 3.79. The zero-order valence-corrected chi connectivity index (χ0v) is 7.75. The van der Waals surface area contributed by atoms with E-state index < -0.39 is 8.11 Å². The van der Waals surface area contributed by atoms with Crippen LogP contribution in [0.25, 0.3) is 0 Å². The Balaban J connectivity index is 2.23. The van der Waals surface area contributed by atoms with Crippen LogP contribution in [0.1, 0.15) is 32.1 Å². The van der Waals surface area contributed by atoms with Crippen LogP contribution in [0.2, 0.25) is 12.1 Å². The largest absolute Gasteiger partial charge is 0.169 e. The standard InChI is InChI=1S/C7H14ClSi/c1-9(8)7-5-3-2-4-6-7/h7H,2-6H2,1H3. The smallest absolute Gasteiger partial charge is 0.165 e. The molecule has 0 aromatic heterocycles. The minimum Gasteiger partial charge on any atom is -0.169 e. The van der Waals surface area contributed by atoms with Gasteiger partial charge < -0.3 is 0 Å². The molecule has 0 amide bonds. The number of hydrogen-bond donors (Lipinski definition) is 0. The van der Waals surface area contributed by atoms with Gasteiger partial charge in [0.25, 0.3) is 0 Å². The minimum absolute atomic E-state index is 0.463. The first-order valence-corrected chi connectivity index (χ1v) is 6.88. The highest BCUT2D eigenvalue weighted by molar-refractivity contribution is 7.07. The van der Waals surface area contributed by atoms with E-state index in [1.54, 1.807) is 0 Å². The zero-order chi connectivity index (χ0) is 6.69. The van der Waals surface area contributed by atoms with Crippen molar-refractivity contribution >= 4 is 19.2 Å². The average Bonchev–Trinajstić information content (AvgIpc) is 1.90. The maximum Gasteiger partial charge on any atom is 0.165 e. The molecule has 0 unspecified atom stereocenters. The molecule has 0 aromatic rings. The Morgan fingerprint density at radius 2 is 1.78 bits per heavy atom. The van der Waals surface area contributed by atoms with E-state index in [1.165, 1.54) is 32.1 Å². The molecule has 0 aromatic carbocycles. The molecule has 1 aliphatic carbocycles. The van der Waals surface area contributed by atoms with Crippen LogP contribution < -0.4 is 0 Å². The predicted octanol–water partition coefficient (Wildman–Crippen LogP) is 3.18. The van der Waals surface area contributed by atoms with Crippen LogP contribution in [0.15, 0.2) is 0 Å². The SMILES string of the molecule is C[Si](Cl)C1CCCCC1. The molecule has 9 heavy (non-hydrogen) atoms. The molecule has 1 saturated carbocycles. The van der Waals surface area contributed by atoms with Crippen molar-refractivity contribution in [3.63, 3.8) is 0 Å². The highest BCUT2D eigenvalue weighted by Gasteiger charge is 2.19. The van der Waals surface area contributed by atoms with Crippen molar-refractivity contribution in [2.75, 3.05) is 0 Å². The highest BCUT2D eigenvalue weighted by Crippen LogP contribution is 2.32. The fourth-order valence-corrected chi connectivity index (χ4v) is 3.36. The molecule has 53 valence electrons.